The number of carboxylic acids is 1. The van der Waals surface area contributed by atoms with Crippen molar-refractivity contribution in [3.63, 3.8) is 0 Å². The molecule has 3 aliphatic rings. The van der Waals surface area contributed by atoms with Crippen LogP contribution in [0.15, 0.2) is 30.3 Å². The minimum absolute atomic E-state index is 0.00567. The number of hydrogen-bond acceptors (Lipinski definition) is 6. The number of primary amides is 1. The van der Waals surface area contributed by atoms with Crippen molar-refractivity contribution in [3.05, 3.63) is 68.4 Å². The molecule has 40 heavy (non-hydrogen) atoms. The number of piperidine rings is 1. The van der Waals surface area contributed by atoms with Crippen molar-refractivity contribution in [1.29, 1.82) is 0 Å². The average Bonchev–Trinajstić information content (AvgIpc) is 3.76. The number of aliphatic carboxylic acids is 1. The lowest BCUT2D eigenvalue weighted by Gasteiger charge is -2.32. The molecule has 3 N–H and O–H groups in total. The number of ether oxygens (including phenoxy) is 1. The molecule has 5 rings (SSSR count). The second-order valence-corrected chi connectivity index (χ2v) is 12.3. The Bertz CT molecular complexity index is 1190. The molecule has 0 spiro atoms. The average molecular weight is 617 g/mol. The molecule has 0 bridgehead atoms. The van der Waals surface area contributed by atoms with Gasteiger partial charge in [0.1, 0.15) is 5.82 Å². The van der Waals surface area contributed by atoms with Gasteiger partial charge in [-0.3, -0.25) is 18.7 Å². The minimum Gasteiger partial charge on any atom is -0.772 e. The number of nitrogens with zero attached hydrogens (tertiary/aromatic N) is 1. The summed E-state index contributed by atoms with van der Waals surface area (Å²) in [4.78, 5) is 22.8. The first kappa shape index (κ1) is 32.4. The summed E-state index contributed by atoms with van der Waals surface area (Å²) in [6, 6.07) is 8.61. The first-order valence-electron chi connectivity index (χ1n) is 13.1. The number of amides is 1. The third-order valence-electron chi connectivity index (χ3n) is 6.64. The molecule has 1 heterocycles. The Labute approximate surface area is 246 Å². The summed E-state index contributed by atoms with van der Waals surface area (Å²) >= 11 is 10.3. The van der Waals surface area contributed by atoms with Crippen molar-refractivity contribution in [3.8, 4) is 0 Å². The van der Waals surface area contributed by atoms with Gasteiger partial charge in [-0.05, 0) is 91.5 Å². The Kier molecular flexibility index (Phi) is 12.4. The van der Waals surface area contributed by atoms with Crippen molar-refractivity contribution in [2.24, 2.45) is 5.73 Å². The van der Waals surface area contributed by atoms with E-state index in [0.29, 0.717) is 29.1 Å². The highest BCUT2D eigenvalue weighted by atomic mass is 35.5. The van der Waals surface area contributed by atoms with Gasteiger partial charge in [0.2, 0.25) is 0 Å². The smallest absolute Gasteiger partial charge is 0.300 e. The van der Waals surface area contributed by atoms with Gasteiger partial charge >= 0.3 is 0 Å². The zero-order chi connectivity index (χ0) is 29.4. The summed E-state index contributed by atoms with van der Waals surface area (Å²) in [6.07, 6.45) is 5.94. The molecule has 12 heteroatoms. The summed E-state index contributed by atoms with van der Waals surface area (Å²) in [7, 11) is 0. The molecule has 1 aliphatic heterocycles. The van der Waals surface area contributed by atoms with Crippen LogP contribution in [0.2, 0.25) is 10.0 Å². The molecule has 0 aromatic heterocycles. The van der Waals surface area contributed by atoms with Crippen LogP contribution < -0.4 is 5.73 Å². The largest absolute Gasteiger partial charge is 0.772 e. The van der Waals surface area contributed by atoms with E-state index < -0.39 is 28.8 Å². The maximum absolute atomic E-state index is 14.3. The molecule has 1 saturated heterocycles. The summed E-state index contributed by atoms with van der Waals surface area (Å²) in [5.74, 6) is -1.65. The highest BCUT2D eigenvalue weighted by Crippen LogP contribution is 2.43. The van der Waals surface area contributed by atoms with Gasteiger partial charge in [-0.2, -0.15) is 0 Å². The molecular weight excluding hydrogens is 582 g/mol. The number of rotatable bonds is 8. The monoisotopic (exact) mass is 615 g/mol. The topological polar surface area (TPSA) is 133 Å². The number of nitrogens with two attached hydrogens (primary N) is 1. The van der Waals surface area contributed by atoms with E-state index in [1.54, 1.807) is 12.1 Å². The third-order valence-corrected chi connectivity index (χ3v) is 8.10. The summed E-state index contributed by atoms with van der Waals surface area (Å²) in [6.45, 7) is 4.00. The summed E-state index contributed by atoms with van der Waals surface area (Å²) in [5, 5.41) is 8.65. The van der Waals surface area contributed by atoms with Crippen LogP contribution in [0.4, 0.5) is 4.39 Å². The molecular formula is C28H34Cl2FN2O6S-. The molecule has 2 aliphatic carbocycles. The molecule has 3 fully saturated rings. The van der Waals surface area contributed by atoms with Crippen LogP contribution in [0.25, 0.3) is 0 Å². The summed E-state index contributed by atoms with van der Waals surface area (Å²) in [5.41, 5.74) is 8.32. The molecule has 1 amide bonds. The van der Waals surface area contributed by atoms with Crippen molar-refractivity contribution in [1.82, 2.24) is 4.90 Å². The van der Waals surface area contributed by atoms with Gasteiger partial charge in [0, 0.05) is 41.9 Å². The maximum Gasteiger partial charge on any atom is 0.300 e. The van der Waals surface area contributed by atoms with Gasteiger partial charge in [-0.15, -0.1) is 0 Å². The zero-order valence-corrected chi connectivity index (χ0v) is 24.6. The van der Waals surface area contributed by atoms with Gasteiger partial charge in [-0.1, -0.05) is 34.3 Å². The fraction of sp³-hybridized carbons (Fsp3) is 0.500. The van der Waals surface area contributed by atoms with Crippen LogP contribution in [0.5, 0.6) is 0 Å². The molecule has 2 saturated carbocycles. The Morgan fingerprint density at radius 3 is 2.10 bits per heavy atom. The number of carbonyl (C=O) groups excluding carboxylic acids is 1. The highest BCUT2D eigenvalue weighted by molar-refractivity contribution is 7.80. The van der Waals surface area contributed by atoms with Crippen LogP contribution in [0.1, 0.15) is 78.4 Å². The van der Waals surface area contributed by atoms with Crippen molar-refractivity contribution in [2.75, 3.05) is 13.1 Å². The van der Waals surface area contributed by atoms with E-state index in [9.17, 15) is 17.9 Å². The highest BCUT2D eigenvalue weighted by Gasteiger charge is 2.29. The van der Waals surface area contributed by atoms with Crippen LogP contribution >= 0.6 is 23.2 Å². The summed E-state index contributed by atoms with van der Waals surface area (Å²) < 4.78 is 39.9. The van der Waals surface area contributed by atoms with Crippen molar-refractivity contribution < 1.29 is 32.6 Å². The van der Waals surface area contributed by atoms with Gasteiger partial charge in [0.05, 0.1) is 18.3 Å². The van der Waals surface area contributed by atoms with Crippen molar-refractivity contribution in [2.45, 2.75) is 75.9 Å². The normalized spacial score (nSPS) is 18.1. The Morgan fingerprint density at radius 2 is 1.65 bits per heavy atom. The fourth-order valence-corrected chi connectivity index (χ4v) is 5.47. The lowest BCUT2D eigenvalue weighted by Crippen LogP contribution is -2.36. The lowest BCUT2D eigenvalue weighted by atomic mass is 9.97. The van der Waals surface area contributed by atoms with E-state index in [1.807, 2.05) is 12.1 Å². The quantitative estimate of drug-likeness (QED) is 0.379. The van der Waals surface area contributed by atoms with Gasteiger partial charge in [0.25, 0.3) is 11.9 Å². The first-order chi connectivity index (χ1) is 18.9. The second kappa shape index (κ2) is 15.2. The Hall–Kier alpha value is -2.08. The SMILES string of the molecule is CC(=O)O.NC(=O)c1cc(C2CC2)c(CN2CCC(OCc3cc(Cl)cc(Cl)c3)CC2)cc1F.O=S([O-])C1CC1. The van der Waals surface area contributed by atoms with Gasteiger partial charge in [0.15, 0.2) is 0 Å². The second-order valence-electron chi connectivity index (χ2n) is 10.2. The molecule has 0 radical (unpaired) electrons. The molecule has 220 valence electrons. The van der Waals surface area contributed by atoms with E-state index in [0.717, 1.165) is 75.2 Å². The number of carboxylic acid groups (broad SMARTS) is 1. The molecule has 2 aromatic rings. The first-order valence-corrected chi connectivity index (χ1v) is 15.0. The Balaban J connectivity index is 0.000000374. The van der Waals surface area contributed by atoms with Crippen LogP contribution in [-0.2, 0) is 33.8 Å². The lowest BCUT2D eigenvalue weighted by molar-refractivity contribution is -0.134. The van der Waals surface area contributed by atoms with E-state index >= 15 is 0 Å². The standard InChI is InChI=1S/C23H25Cl2FN2O2.C3H6O2S.C2H4O2/c24-17-7-14(8-18(25)10-17)13-30-19-3-5-28(6-4-19)12-16-9-22(26)21(23(27)29)11-20(16)15-1-2-15;4-6(5)3-1-2-3;1-2(3)4/h7-11,15,19H,1-6,12-13H2,(H2,27,29);3H,1-2H2,(H,4,5);1H3,(H,3,4)/p-1. The van der Waals surface area contributed by atoms with E-state index in [1.165, 1.54) is 6.07 Å². The van der Waals surface area contributed by atoms with Crippen LogP contribution in [0.3, 0.4) is 0 Å². The zero-order valence-electron chi connectivity index (χ0n) is 22.2. The van der Waals surface area contributed by atoms with E-state index in [-0.39, 0.29) is 16.9 Å². The maximum atomic E-state index is 14.3. The number of halogens is 3. The predicted molar refractivity (Wildman–Crippen MR) is 152 cm³/mol. The number of benzene rings is 2. The van der Waals surface area contributed by atoms with Crippen molar-refractivity contribution >= 4 is 46.2 Å². The van der Waals surface area contributed by atoms with Gasteiger partial charge in [-0.25, -0.2) is 4.39 Å². The number of hydrogen-bond donors (Lipinski definition) is 2. The Morgan fingerprint density at radius 1 is 1.07 bits per heavy atom. The predicted octanol–water partition coefficient (Wildman–Crippen LogP) is 5.41. The third kappa shape index (κ3) is 11.1. The molecule has 1 unspecified atom stereocenters. The van der Waals surface area contributed by atoms with Crippen LogP contribution in [0, 0.1) is 5.82 Å². The molecule has 8 nitrogen and oxygen atoms in total. The number of carbonyl (C=O) groups is 2. The fourth-order valence-electron chi connectivity index (χ4n) is 4.38. The molecule has 1 atom stereocenters. The van der Waals surface area contributed by atoms with E-state index in [2.05, 4.69) is 4.90 Å². The van der Waals surface area contributed by atoms with Crippen LogP contribution in [-0.4, -0.2) is 55.1 Å². The minimum atomic E-state index is -1.76. The molecule has 2 aromatic carbocycles. The van der Waals surface area contributed by atoms with Gasteiger partial charge < -0.3 is 20.1 Å². The number of likely N-dealkylation sites (tertiary alicyclic amines) is 1. The van der Waals surface area contributed by atoms with E-state index in [4.69, 9.17) is 43.6 Å².